The minimum absolute atomic E-state index is 0.0107. The molecule has 0 radical (unpaired) electrons. The number of nitrogens with one attached hydrogen (secondary N) is 1. The van der Waals surface area contributed by atoms with Crippen LogP contribution in [0.2, 0.25) is 0 Å². The van der Waals surface area contributed by atoms with Gasteiger partial charge in [0.25, 0.3) is 0 Å². The van der Waals surface area contributed by atoms with Gasteiger partial charge in [0, 0.05) is 6.04 Å². The Morgan fingerprint density at radius 1 is 1.29 bits per heavy atom. The maximum absolute atomic E-state index is 12.3. The Hall–Kier alpha value is -1.04. The summed E-state index contributed by atoms with van der Waals surface area (Å²) in [5.41, 5.74) is -0.717. The molecular weight excluding hydrogens is 212 g/mol. The van der Waals surface area contributed by atoms with Crippen LogP contribution in [-0.4, -0.2) is 11.9 Å². The third-order valence-corrected chi connectivity index (χ3v) is 4.89. The molecule has 0 aromatic carbocycles. The van der Waals surface area contributed by atoms with Crippen LogP contribution in [0.1, 0.15) is 52.4 Å². The molecule has 3 heteroatoms. The first-order chi connectivity index (χ1) is 8.09. The zero-order valence-electron chi connectivity index (χ0n) is 10.8. The molecule has 3 nitrogen and oxygen atoms in total. The topological polar surface area (TPSA) is 52.9 Å². The van der Waals surface area contributed by atoms with Crippen molar-refractivity contribution in [3.05, 3.63) is 0 Å². The molecule has 3 atom stereocenters. The van der Waals surface area contributed by atoms with Crippen LogP contribution < -0.4 is 5.32 Å². The Balaban J connectivity index is 2.00. The molecule has 2 rings (SSSR count). The summed E-state index contributed by atoms with van der Waals surface area (Å²) in [7, 11) is 0. The molecule has 0 bridgehead atoms. The number of carbonyl (C=O) groups excluding carboxylic acids is 1. The lowest BCUT2D eigenvalue weighted by Gasteiger charge is -2.25. The van der Waals surface area contributed by atoms with Crippen molar-refractivity contribution < 1.29 is 4.79 Å². The van der Waals surface area contributed by atoms with Gasteiger partial charge in [-0.1, -0.05) is 26.7 Å². The minimum Gasteiger partial charge on any atom is -0.352 e. The van der Waals surface area contributed by atoms with E-state index < -0.39 is 5.41 Å². The fourth-order valence-corrected chi connectivity index (χ4v) is 3.24. The van der Waals surface area contributed by atoms with Gasteiger partial charge in [-0.25, -0.2) is 0 Å². The van der Waals surface area contributed by atoms with E-state index in [1.807, 2.05) is 0 Å². The summed E-state index contributed by atoms with van der Waals surface area (Å²) in [6.07, 6.45) is 5.76. The largest absolute Gasteiger partial charge is 0.352 e. The maximum Gasteiger partial charge on any atom is 0.240 e. The van der Waals surface area contributed by atoms with E-state index in [1.54, 1.807) is 0 Å². The lowest BCUT2D eigenvalue weighted by molar-refractivity contribution is -0.128. The first-order valence-electron chi connectivity index (χ1n) is 6.81. The van der Waals surface area contributed by atoms with Gasteiger partial charge in [0.15, 0.2) is 0 Å². The van der Waals surface area contributed by atoms with Crippen molar-refractivity contribution in [1.82, 2.24) is 5.32 Å². The molecule has 0 heterocycles. The number of rotatable bonds is 2. The van der Waals surface area contributed by atoms with Gasteiger partial charge in [0.1, 0.15) is 5.41 Å². The van der Waals surface area contributed by atoms with E-state index in [0.29, 0.717) is 11.8 Å². The third-order valence-electron chi connectivity index (χ3n) is 4.89. The summed E-state index contributed by atoms with van der Waals surface area (Å²) in [4.78, 5) is 12.3. The van der Waals surface area contributed by atoms with Crippen molar-refractivity contribution in [2.24, 2.45) is 17.3 Å². The quantitative estimate of drug-likeness (QED) is 0.798. The molecule has 0 aromatic heterocycles. The van der Waals surface area contributed by atoms with Gasteiger partial charge in [0.05, 0.1) is 6.07 Å². The minimum atomic E-state index is -0.717. The maximum atomic E-state index is 12.3. The van der Waals surface area contributed by atoms with E-state index in [0.717, 1.165) is 32.1 Å². The van der Waals surface area contributed by atoms with Crippen molar-refractivity contribution >= 4 is 5.91 Å². The fraction of sp³-hybridized carbons (Fsp3) is 0.857. The van der Waals surface area contributed by atoms with Gasteiger partial charge in [-0.15, -0.1) is 0 Å². The highest BCUT2D eigenvalue weighted by atomic mass is 16.2. The second kappa shape index (κ2) is 4.68. The third kappa shape index (κ3) is 2.18. The number of nitrogens with zero attached hydrogens (tertiary/aromatic N) is 1. The number of nitriles is 1. The van der Waals surface area contributed by atoms with E-state index in [9.17, 15) is 10.1 Å². The number of amides is 1. The zero-order chi connectivity index (χ0) is 12.5. The second-order valence-electron chi connectivity index (χ2n) is 5.89. The monoisotopic (exact) mass is 234 g/mol. The van der Waals surface area contributed by atoms with Crippen molar-refractivity contribution in [3.8, 4) is 6.07 Å². The van der Waals surface area contributed by atoms with Gasteiger partial charge in [0.2, 0.25) is 5.91 Å². The highest BCUT2D eigenvalue weighted by Crippen LogP contribution is 2.39. The van der Waals surface area contributed by atoms with Crippen molar-refractivity contribution in [1.29, 1.82) is 5.26 Å². The molecule has 3 unspecified atom stereocenters. The number of hydrogen-bond acceptors (Lipinski definition) is 2. The summed E-state index contributed by atoms with van der Waals surface area (Å²) < 4.78 is 0. The van der Waals surface area contributed by atoms with E-state index in [2.05, 4.69) is 25.2 Å². The SMILES string of the molecule is CC1CCC(NC(=O)C2(C#N)CCCC2)C1C. The summed E-state index contributed by atoms with van der Waals surface area (Å²) in [5, 5.41) is 12.4. The van der Waals surface area contributed by atoms with Crippen LogP contribution in [0.5, 0.6) is 0 Å². The first-order valence-corrected chi connectivity index (χ1v) is 6.81. The average molecular weight is 234 g/mol. The van der Waals surface area contributed by atoms with Gasteiger partial charge >= 0.3 is 0 Å². The number of hydrogen-bond donors (Lipinski definition) is 1. The van der Waals surface area contributed by atoms with E-state index in [-0.39, 0.29) is 11.9 Å². The fourth-order valence-electron chi connectivity index (χ4n) is 3.24. The lowest BCUT2D eigenvalue weighted by Crippen LogP contribution is -2.45. The van der Waals surface area contributed by atoms with Crippen LogP contribution in [-0.2, 0) is 4.79 Å². The van der Waals surface area contributed by atoms with Crippen LogP contribution in [0, 0.1) is 28.6 Å². The first kappa shape index (κ1) is 12.4. The highest BCUT2D eigenvalue weighted by Gasteiger charge is 2.43. The molecule has 2 aliphatic carbocycles. The zero-order valence-corrected chi connectivity index (χ0v) is 10.8. The Morgan fingerprint density at radius 2 is 1.94 bits per heavy atom. The van der Waals surface area contributed by atoms with Crippen LogP contribution in [0.15, 0.2) is 0 Å². The van der Waals surface area contributed by atoms with Crippen LogP contribution in [0.4, 0.5) is 0 Å². The molecule has 2 saturated carbocycles. The number of carbonyl (C=O) groups is 1. The molecule has 0 saturated heterocycles. The molecule has 1 amide bonds. The van der Waals surface area contributed by atoms with E-state index in [4.69, 9.17) is 0 Å². The summed E-state index contributed by atoms with van der Waals surface area (Å²) in [6.45, 7) is 4.45. The lowest BCUT2D eigenvalue weighted by atomic mass is 9.86. The van der Waals surface area contributed by atoms with E-state index in [1.165, 1.54) is 6.42 Å². The van der Waals surface area contributed by atoms with Crippen molar-refractivity contribution in [2.45, 2.75) is 58.4 Å². The Labute approximate surface area is 104 Å². The van der Waals surface area contributed by atoms with E-state index >= 15 is 0 Å². The van der Waals surface area contributed by atoms with Crippen LogP contribution in [0.25, 0.3) is 0 Å². The predicted octanol–water partition coefficient (Wildman–Crippen LogP) is 2.62. The summed E-state index contributed by atoms with van der Waals surface area (Å²) in [6, 6.07) is 2.55. The molecule has 2 fully saturated rings. The van der Waals surface area contributed by atoms with Crippen LogP contribution >= 0.6 is 0 Å². The van der Waals surface area contributed by atoms with Crippen molar-refractivity contribution in [3.63, 3.8) is 0 Å². The molecule has 94 valence electrons. The Bertz CT molecular complexity index is 339. The van der Waals surface area contributed by atoms with Gasteiger partial charge in [-0.05, 0) is 37.5 Å². The Kier molecular flexibility index (Phi) is 3.42. The molecular formula is C14H22N2O. The van der Waals surface area contributed by atoms with Gasteiger partial charge in [-0.2, -0.15) is 5.26 Å². The molecule has 0 spiro atoms. The second-order valence-corrected chi connectivity index (χ2v) is 5.89. The van der Waals surface area contributed by atoms with Crippen LogP contribution in [0.3, 0.4) is 0 Å². The van der Waals surface area contributed by atoms with Gasteiger partial charge < -0.3 is 5.32 Å². The summed E-state index contributed by atoms with van der Waals surface area (Å²) >= 11 is 0. The molecule has 0 aliphatic heterocycles. The van der Waals surface area contributed by atoms with Gasteiger partial charge in [-0.3, -0.25) is 4.79 Å². The molecule has 1 N–H and O–H groups in total. The van der Waals surface area contributed by atoms with Crippen molar-refractivity contribution in [2.75, 3.05) is 0 Å². The molecule has 2 aliphatic rings. The highest BCUT2D eigenvalue weighted by molar-refractivity contribution is 5.86. The smallest absolute Gasteiger partial charge is 0.240 e. The predicted molar refractivity (Wildman–Crippen MR) is 66.0 cm³/mol. The standard InChI is InChI=1S/C14H22N2O/c1-10-5-6-12(11(10)2)16-13(17)14(9-15)7-3-4-8-14/h10-12H,3-8H2,1-2H3,(H,16,17). The summed E-state index contributed by atoms with van der Waals surface area (Å²) in [5.74, 6) is 1.21. The molecule has 17 heavy (non-hydrogen) atoms. The molecule has 0 aromatic rings. The average Bonchev–Trinajstić information content (AvgIpc) is 2.92. The normalized spacial score (nSPS) is 35.5. The Morgan fingerprint density at radius 3 is 2.41 bits per heavy atom.